The molecule has 0 saturated carbocycles. The smallest absolute Gasteiger partial charge is 0.248 e. The van der Waals surface area contributed by atoms with Crippen molar-refractivity contribution in [2.75, 3.05) is 56.0 Å². The molecule has 2 rings (SSSR count). The summed E-state index contributed by atoms with van der Waals surface area (Å²) in [5.41, 5.74) is 1.36. The minimum atomic E-state index is -3.61. The van der Waals surface area contributed by atoms with E-state index in [1.165, 1.54) is 10.4 Å². The zero-order chi connectivity index (χ0) is 22.1. The van der Waals surface area contributed by atoms with Crippen molar-refractivity contribution in [3.8, 4) is 0 Å². The molecule has 1 N–H and O–H groups in total. The van der Waals surface area contributed by atoms with Crippen LogP contribution in [-0.4, -0.2) is 69.3 Å². The molecule has 30 heavy (non-hydrogen) atoms. The highest BCUT2D eigenvalue weighted by Gasteiger charge is 2.25. The van der Waals surface area contributed by atoms with Gasteiger partial charge >= 0.3 is 0 Å². The van der Waals surface area contributed by atoms with E-state index in [1.54, 1.807) is 24.3 Å². The number of sulfonamides is 1. The van der Waals surface area contributed by atoms with E-state index in [0.29, 0.717) is 18.8 Å². The van der Waals surface area contributed by atoms with Gasteiger partial charge in [0.2, 0.25) is 15.9 Å². The zero-order valence-corrected chi connectivity index (χ0v) is 19.3. The third-order valence-electron chi connectivity index (χ3n) is 5.28. The summed E-state index contributed by atoms with van der Waals surface area (Å²) in [4.78, 5) is 17.2. The first kappa shape index (κ1) is 24.1. The molecule has 1 amide bonds. The Morgan fingerprint density at radius 2 is 1.77 bits per heavy atom. The molecule has 1 aliphatic rings. The van der Waals surface area contributed by atoms with E-state index in [-0.39, 0.29) is 10.8 Å². The number of amides is 1. The second-order valence-corrected chi connectivity index (χ2v) is 9.00. The van der Waals surface area contributed by atoms with Crippen molar-refractivity contribution >= 4 is 27.3 Å². The average Bonchev–Trinajstić information content (AvgIpc) is 2.74. The van der Waals surface area contributed by atoms with Gasteiger partial charge in [-0.3, -0.25) is 4.79 Å². The number of anilines is 2. The summed E-state index contributed by atoms with van der Waals surface area (Å²) in [7, 11) is -3.61. The standard InChI is InChI=1S/C22H34N4O3S/c1-5-9-10-11-22(27)23-20-18-19(30(28,29)26(7-3)8-4)12-13-21(20)25-16-14-24(6-2)15-17-25/h5,9-13,18H,6-8,14-17H2,1-4H3,(H,23,27). The second kappa shape index (κ2) is 11.3. The normalized spacial score (nSPS) is 16.1. The van der Waals surface area contributed by atoms with Crippen LogP contribution in [0.3, 0.4) is 0 Å². The van der Waals surface area contributed by atoms with Gasteiger partial charge in [-0.15, -0.1) is 0 Å². The van der Waals surface area contributed by atoms with Crippen molar-refractivity contribution < 1.29 is 13.2 Å². The van der Waals surface area contributed by atoms with Crippen molar-refractivity contribution in [3.05, 3.63) is 42.5 Å². The number of nitrogens with zero attached hydrogens (tertiary/aromatic N) is 3. The van der Waals surface area contributed by atoms with E-state index in [1.807, 2.05) is 32.9 Å². The molecule has 8 heteroatoms. The van der Waals surface area contributed by atoms with Crippen LogP contribution in [0.2, 0.25) is 0 Å². The van der Waals surface area contributed by atoms with Gasteiger partial charge in [-0.1, -0.05) is 39.0 Å². The molecule has 1 saturated heterocycles. The molecule has 0 atom stereocenters. The molecular weight excluding hydrogens is 400 g/mol. The number of rotatable bonds is 9. The molecule has 1 aliphatic heterocycles. The monoisotopic (exact) mass is 434 g/mol. The first-order valence-corrected chi connectivity index (χ1v) is 12.0. The van der Waals surface area contributed by atoms with Crippen molar-refractivity contribution in [1.82, 2.24) is 9.21 Å². The highest BCUT2D eigenvalue weighted by Crippen LogP contribution is 2.31. The Kier molecular flexibility index (Phi) is 9.08. The molecular formula is C22H34N4O3S. The molecule has 0 aromatic heterocycles. The van der Waals surface area contributed by atoms with Crippen molar-refractivity contribution in [2.24, 2.45) is 0 Å². The summed E-state index contributed by atoms with van der Waals surface area (Å²) in [5, 5.41) is 2.88. The maximum Gasteiger partial charge on any atom is 0.248 e. The van der Waals surface area contributed by atoms with Crippen LogP contribution in [0.4, 0.5) is 11.4 Å². The molecule has 1 aromatic carbocycles. The lowest BCUT2D eigenvalue weighted by atomic mass is 10.2. The van der Waals surface area contributed by atoms with Crippen LogP contribution in [0.1, 0.15) is 27.7 Å². The number of carbonyl (C=O) groups excluding carboxylic acids is 1. The number of hydrogen-bond acceptors (Lipinski definition) is 5. The van der Waals surface area contributed by atoms with Crippen LogP contribution in [0.25, 0.3) is 0 Å². The summed E-state index contributed by atoms with van der Waals surface area (Å²) >= 11 is 0. The SMILES string of the molecule is CC=CC=CC(=O)Nc1cc(S(=O)(=O)N(CC)CC)ccc1N1CCN(CC)CC1. The first-order valence-electron chi connectivity index (χ1n) is 10.6. The van der Waals surface area contributed by atoms with Crippen LogP contribution in [0, 0.1) is 0 Å². The number of carbonyl (C=O) groups is 1. The van der Waals surface area contributed by atoms with Crippen molar-refractivity contribution in [3.63, 3.8) is 0 Å². The third-order valence-corrected chi connectivity index (χ3v) is 7.33. The van der Waals surface area contributed by atoms with Crippen LogP contribution >= 0.6 is 0 Å². The summed E-state index contributed by atoms with van der Waals surface area (Å²) in [6.45, 7) is 13.0. The molecule has 7 nitrogen and oxygen atoms in total. The molecule has 0 bridgehead atoms. The van der Waals surface area contributed by atoms with Gasteiger partial charge in [0.1, 0.15) is 0 Å². The number of allylic oxidation sites excluding steroid dienone is 3. The predicted octanol–water partition coefficient (Wildman–Crippen LogP) is 2.93. The Morgan fingerprint density at radius 3 is 2.33 bits per heavy atom. The van der Waals surface area contributed by atoms with Crippen LogP contribution < -0.4 is 10.2 Å². The summed E-state index contributed by atoms with van der Waals surface area (Å²) < 4.78 is 27.4. The molecule has 0 unspecified atom stereocenters. The van der Waals surface area contributed by atoms with Crippen LogP contribution in [-0.2, 0) is 14.8 Å². The summed E-state index contributed by atoms with van der Waals surface area (Å²) in [6, 6.07) is 5.03. The van der Waals surface area contributed by atoms with Gasteiger partial charge in [-0.2, -0.15) is 4.31 Å². The van der Waals surface area contributed by atoms with E-state index in [0.717, 1.165) is 38.4 Å². The number of hydrogen-bond donors (Lipinski definition) is 1. The van der Waals surface area contributed by atoms with Gasteiger partial charge < -0.3 is 15.1 Å². The van der Waals surface area contributed by atoms with Gasteiger partial charge in [0.15, 0.2) is 0 Å². The Balaban J connectivity index is 2.40. The molecule has 0 spiro atoms. The first-order chi connectivity index (χ1) is 14.4. The number of benzene rings is 1. The Hall–Kier alpha value is -2.16. The molecule has 0 aliphatic carbocycles. The molecule has 1 heterocycles. The van der Waals surface area contributed by atoms with Gasteiger partial charge in [0.25, 0.3) is 0 Å². The quantitative estimate of drug-likeness (QED) is 0.478. The highest BCUT2D eigenvalue weighted by molar-refractivity contribution is 7.89. The molecule has 1 aromatic rings. The molecule has 166 valence electrons. The van der Waals surface area contributed by atoms with Crippen LogP contribution in [0.5, 0.6) is 0 Å². The lowest BCUT2D eigenvalue weighted by Crippen LogP contribution is -2.46. The largest absolute Gasteiger partial charge is 0.367 e. The van der Waals surface area contributed by atoms with Gasteiger partial charge in [-0.05, 0) is 31.7 Å². The summed E-state index contributed by atoms with van der Waals surface area (Å²) in [6.07, 6.45) is 6.70. The molecule has 1 fully saturated rings. The number of likely N-dealkylation sites (N-methyl/N-ethyl adjacent to an activating group) is 1. The topological polar surface area (TPSA) is 73.0 Å². The lowest BCUT2D eigenvalue weighted by Gasteiger charge is -2.36. The maximum absolute atomic E-state index is 13.0. The second-order valence-electron chi connectivity index (χ2n) is 7.06. The van der Waals surface area contributed by atoms with E-state index in [2.05, 4.69) is 22.0 Å². The van der Waals surface area contributed by atoms with E-state index < -0.39 is 10.0 Å². The van der Waals surface area contributed by atoms with Gasteiger partial charge in [-0.25, -0.2) is 8.42 Å². The lowest BCUT2D eigenvalue weighted by molar-refractivity contribution is -0.111. The average molecular weight is 435 g/mol. The number of nitrogens with one attached hydrogen (secondary N) is 1. The van der Waals surface area contributed by atoms with Gasteiger partial charge in [0, 0.05) is 45.3 Å². The molecule has 0 radical (unpaired) electrons. The Labute approximate surface area is 181 Å². The minimum Gasteiger partial charge on any atom is -0.367 e. The Morgan fingerprint density at radius 1 is 1.10 bits per heavy atom. The fraction of sp³-hybridized carbons (Fsp3) is 0.500. The van der Waals surface area contributed by atoms with Crippen molar-refractivity contribution in [2.45, 2.75) is 32.6 Å². The predicted molar refractivity (Wildman–Crippen MR) is 123 cm³/mol. The zero-order valence-electron chi connectivity index (χ0n) is 18.5. The van der Waals surface area contributed by atoms with E-state index in [4.69, 9.17) is 0 Å². The van der Waals surface area contributed by atoms with Crippen molar-refractivity contribution in [1.29, 1.82) is 0 Å². The Bertz CT molecular complexity index is 868. The fourth-order valence-electron chi connectivity index (χ4n) is 3.50. The highest BCUT2D eigenvalue weighted by atomic mass is 32.2. The van der Waals surface area contributed by atoms with E-state index in [9.17, 15) is 13.2 Å². The number of piperazine rings is 1. The van der Waals surface area contributed by atoms with Crippen LogP contribution in [0.15, 0.2) is 47.4 Å². The summed E-state index contributed by atoms with van der Waals surface area (Å²) in [5.74, 6) is -0.293. The van der Waals surface area contributed by atoms with Gasteiger partial charge in [0.05, 0.1) is 16.3 Å². The van der Waals surface area contributed by atoms with E-state index >= 15 is 0 Å². The minimum absolute atomic E-state index is 0.190. The third kappa shape index (κ3) is 5.93. The maximum atomic E-state index is 13.0. The fourth-order valence-corrected chi connectivity index (χ4v) is 4.98.